The minimum atomic E-state index is -4.92. The molecule has 0 aromatic rings. The molecule has 16 nitrogen and oxygen atoms in total. The van der Waals surface area contributed by atoms with E-state index in [0.29, 0.717) is 19.3 Å². The van der Waals surface area contributed by atoms with Gasteiger partial charge in [-0.3, -0.25) is 32.5 Å². The van der Waals surface area contributed by atoms with Crippen molar-refractivity contribution in [3.05, 3.63) is 97.2 Å². The summed E-state index contributed by atoms with van der Waals surface area (Å²) in [5.74, 6) is -1.60. The molecule has 0 aliphatic rings. The van der Waals surface area contributed by atoms with E-state index in [1.165, 1.54) is 51.4 Å². The molecular weight excluding hydrogens is 1150 g/mol. The van der Waals surface area contributed by atoms with Crippen LogP contribution < -0.4 is 0 Å². The number of rotatable bonds is 63. The number of aliphatic hydroxyl groups is 2. The third kappa shape index (κ3) is 63.8. The number of phosphoric acid groups is 2. The standard InChI is InChI=1S/C69H120O16P2/c1-4-7-10-13-16-19-22-25-27-29-31-33-35-38-40-43-46-49-52-55-67(72)79-58-64(70)59-81-86(75,76)82-60-65(71)61-83-87(77,78)84-63-66(85-69(74)57-54-51-48-45-42-37-24-21-18-15-12-9-6-3)62-80-68(73)56-53-50-47-44-41-39-36-34-32-30-28-26-23-20-17-14-11-8-5-2/h7-8,10-11,16-17,19-20,25-28,31-34,64-66,70-71H,4-6,9,12-15,18,21-24,29-30,35-63H2,1-3H3,(H,75,76)(H,77,78)/b10-7-,11-8-,19-16-,20-17-,27-25-,28-26-,33-31-,34-32-. The second kappa shape index (κ2) is 62.7. The Labute approximate surface area is 527 Å². The van der Waals surface area contributed by atoms with E-state index in [4.69, 9.17) is 32.3 Å². The van der Waals surface area contributed by atoms with Crippen LogP contribution in [0.15, 0.2) is 97.2 Å². The Morgan fingerprint density at radius 2 is 0.609 bits per heavy atom. The summed E-state index contributed by atoms with van der Waals surface area (Å²) in [6.45, 7) is 2.41. The van der Waals surface area contributed by atoms with Gasteiger partial charge >= 0.3 is 33.6 Å². The van der Waals surface area contributed by atoms with Gasteiger partial charge in [0, 0.05) is 19.3 Å². The molecular formula is C69H120O16P2. The van der Waals surface area contributed by atoms with Crippen LogP contribution in [0, 0.1) is 0 Å². The van der Waals surface area contributed by atoms with E-state index in [0.717, 1.165) is 154 Å². The molecule has 18 heteroatoms. The van der Waals surface area contributed by atoms with Crippen LogP contribution in [0.25, 0.3) is 0 Å². The summed E-state index contributed by atoms with van der Waals surface area (Å²) in [6.07, 6.45) is 67.4. The maximum Gasteiger partial charge on any atom is 0.472 e. The van der Waals surface area contributed by atoms with Crippen LogP contribution in [0.4, 0.5) is 0 Å². The first-order valence-corrected chi connectivity index (χ1v) is 36.5. The molecule has 0 saturated heterocycles. The minimum absolute atomic E-state index is 0.103. The Balaban J connectivity index is 4.67. The van der Waals surface area contributed by atoms with Crippen molar-refractivity contribution in [1.29, 1.82) is 0 Å². The number of ether oxygens (including phenoxy) is 3. The summed E-state index contributed by atoms with van der Waals surface area (Å²) in [5, 5.41) is 20.5. The number of carbonyl (C=O) groups is 3. The minimum Gasteiger partial charge on any atom is -0.463 e. The molecule has 87 heavy (non-hydrogen) atoms. The van der Waals surface area contributed by atoms with E-state index in [1.54, 1.807) is 0 Å². The zero-order valence-corrected chi connectivity index (χ0v) is 56.0. The molecule has 0 fully saturated rings. The number of carbonyl (C=O) groups excluding carboxylic acids is 3. The number of aliphatic hydroxyl groups excluding tert-OH is 2. The molecule has 0 saturated carbocycles. The highest BCUT2D eigenvalue weighted by Crippen LogP contribution is 2.45. The Morgan fingerprint density at radius 3 is 0.966 bits per heavy atom. The third-order valence-electron chi connectivity index (χ3n) is 13.8. The Morgan fingerprint density at radius 1 is 0.333 bits per heavy atom. The number of phosphoric ester groups is 2. The highest BCUT2D eigenvalue weighted by molar-refractivity contribution is 7.47. The second-order valence-electron chi connectivity index (χ2n) is 22.2. The molecule has 0 aliphatic carbocycles. The molecule has 5 atom stereocenters. The van der Waals surface area contributed by atoms with Gasteiger partial charge in [-0.2, -0.15) is 0 Å². The summed E-state index contributed by atoms with van der Waals surface area (Å²) >= 11 is 0. The molecule has 0 aromatic carbocycles. The lowest BCUT2D eigenvalue weighted by Crippen LogP contribution is -2.30. The van der Waals surface area contributed by atoms with Crippen LogP contribution in [-0.2, 0) is 55.8 Å². The summed E-state index contributed by atoms with van der Waals surface area (Å²) < 4.78 is 60.8. The number of hydrogen-bond acceptors (Lipinski definition) is 14. The van der Waals surface area contributed by atoms with E-state index in [2.05, 4.69) is 118 Å². The van der Waals surface area contributed by atoms with Gasteiger partial charge in [0.25, 0.3) is 0 Å². The number of unbranched alkanes of at least 4 members (excludes halogenated alkanes) is 24. The fraction of sp³-hybridized carbons (Fsp3) is 0.725. The molecule has 5 unspecified atom stereocenters. The summed E-state index contributed by atoms with van der Waals surface area (Å²) in [5.41, 5.74) is 0. The van der Waals surface area contributed by atoms with Gasteiger partial charge in [-0.1, -0.05) is 246 Å². The maximum atomic E-state index is 12.9. The second-order valence-corrected chi connectivity index (χ2v) is 25.1. The first-order valence-electron chi connectivity index (χ1n) is 33.5. The van der Waals surface area contributed by atoms with E-state index in [9.17, 15) is 43.5 Å². The number of esters is 3. The lowest BCUT2D eigenvalue weighted by molar-refractivity contribution is -0.161. The molecule has 4 N–H and O–H groups in total. The third-order valence-corrected chi connectivity index (χ3v) is 15.7. The van der Waals surface area contributed by atoms with Crippen molar-refractivity contribution in [3.63, 3.8) is 0 Å². The van der Waals surface area contributed by atoms with Gasteiger partial charge < -0.3 is 34.2 Å². The van der Waals surface area contributed by atoms with Crippen molar-refractivity contribution in [1.82, 2.24) is 0 Å². The van der Waals surface area contributed by atoms with Crippen LogP contribution in [0.5, 0.6) is 0 Å². The zero-order valence-electron chi connectivity index (χ0n) is 54.2. The lowest BCUT2D eigenvalue weighted by Gasteiger charge is -2.21. The molecule has 502 valence electrons. The van der Waals surface area contributed by atoms with E-state index >= 15 is 0 Å². The van der Waals surface area contributed by atoms with Crippen LogP contribution in [0.3, 0.4) is 0 Å². The quantitative estimate of drug-likeness (QED) is 0.0146. The van der Waals surface area contributed by atoms with Crippen molar-refractivity contribution < 1.29 is 75.8 Å². The van der Waals surface area contributed by atoms with Crippen LogP contribution in [-0.4, -0.2) is 95.9 Å². The maximum absolute atomic E-state index is 12.9. The van der Waals surface area contributed by atoms with Gasteiger partial charge in [0.2, 0.25) is 0 Å². The van der Waals surface area contributed by atoms with E-state index in [1.807, 2.05) is 0 Å². The van der Waals surface area contributed by atoms with Crippen molar-refractivity contribution in [2.45, 2.75) is 283 Å². The molecule has 0 aromatic heterocycles. The van der Waals surface area contributed by atoms with E-state index < -0.39 is 91.5 Å². The number of hydrogen-bond donors (Lipinski definition) is 4. The largest absolute Gasteiger partial charge is 0.472 e. The van der Waals surface area contributed by atoms with Crippen molar-refractivity contribution >= 4 is 33.6 Å². The summed E-state index contributed by atoms with van der Waals surface area (Å²) in [7, 11) is -9.78. The predicted octanol–water partition coefficient (Wildman–Crippen LogP) is 18.3. The van der Waals surface area contributed by atoms with Gasteiger partial charge in [0.15, 0.2) is 6.10 Å². The van der Waals surface area contributed by atoms with Gasteiger partial charge in [0.05, 0.1) is 26.4 Å². The fourth-order valence-electron chi connectivity index (χ4n) is 8.73. The average Bonchev–Trinajstić information content (AvgIpc) is 3.63. The molecule has 0 bridgehead atoms. The molecule has 0 rings (SSSR count). The summed E-state index contributed by atoms with van der Waals surface area (Å²) in [4.78, 5) is 58.3. The fourth-order valence-corrected chi connectivity index (χ4v) is 10.3. The van der Waals surface area contributed by atoms with Gasteiger partial charge in [-0.05, 0) is 96.3 Å². The van der Waals surface area contributed by atoms with Crippen LogP contribution in [0.1, 0.15) is 265 Å². The Bertz CT molecular complexity index is 1980. The topological polar surface area (TPSA) is 231 Å². The van der Waals surface area contributed by atoms with Crippen molar-refractivity contribution in [3.8, 4) is 0 Å². The first kappa shape index (κ1) is 83.5. The SMILES string of the molecule is CC/C=C\C/C=C\C/C=C\C/C=C\CCCCCCCCC(=O)OCC(O)COP(=O)(O)OCC(O)COP(=O)(O)OCC(COC(=O)CCCCCCCC/C=C\C/C=C\C/C=C\C/C=C\CC)OC(=O)CCCCCCCCCCCCCCC. The molecule has 0 spiro atoms. The Hall–Kier alpha value is -3.53. The van der Waals surface area contributed by atoms with Crippen LogP contribution >= 0.6 is 15.6 Å². The first-order chi connectivity index (χ1) is 42.2. The zero-order chi connectivity index (χ0) is 63.8. The smallest absolute Gasteiger partial charge is 0.463 e. The van der Waals surface area contributed by atoms with Gasteiger partial charge in [-0.25, -0.2) is 9.13 Å². The van der Waals surface area contributed by atoms with Gasteiger partial charge in [0.1, 0.15) is 25.4 Å². The number of allylic oxidation sites excluding steroid dienone is 16. The van der Waals surface area contributed by atoms with Gasteiger partial charge in [-0.15, -0.1) is 0 Å². The summed E-state index contributed by atoms with van der Waals surface area (Å²) in [6, 6.07) is 0. The van der Waals surface area contributed by atoms with E-state index in [-0.39, 0.29) is 19.3 Å². The highest BCUT2D eigenvalue weighted by Gasteiger charge is 2.29. The highest BCUT2D eigenvalue weighted by atomic mass is 31.2. The molecule has 0 radical (unpaired) electrons. The van der Waals surface area contributed by atoms with Crippen molar-refractivity contribution in [2.75, 3.05) is 39.6 Å². The normalized spacial score (nSPS) is 14.9. The molecule has 0 heterocycles. The van der Waals surface area contributed by atoms with Crippen LogP contribution in [0.2, 0.25) is 0 Å². The Kier molecular flexibility index (Phi) is 60.1. The average molecular weight is 1270 g/mol. The predicted molar refractivity (Wildman–Crippen MR) is 353 cm³/mol. The molecule has 0 amide bonds. The monoisotopic (exact) mass is 1270 g/mol. The lowest BCUT2D eigenvalue weighted by atomic mass is 10.0. The molecule has 0 aliphatic heterocycles. The van der Waals surface area contributed by atoms with Crippen molar-refractivity contribution in [2.24, 2.45) is 0 Å².